The van der Waals surface area contributed by atoms with Gasteiger partial charge in [0.1, 0.15) is 5.82 Å². The van der Waals surface area contributed by atoms with E-state index in [1.165, 1.54) is 12.1 Å². The summed E-state index contributed by atoms with van der Waals surface area (Å²) < 4.78 is 12.4. The van der Waals surface area contributed by atoms with Crippen LogP contribution in [0.25, 0.3) is 0 Å². The van der Waals surface area contributed by atoms with Crippen LogP contribution >= 0.6 is 11.6 Å². The number of halogens is 2. The van der Waals surface area contributed by atoms with Crippen LogP contribution in [0, 0.1) is 5.82 Å². The van der Waals surface area contributed by atoms with Crippen LogP contribution < -0.4 is 5.32 Å². The number of hydrogen-bond donors (Lipinski definition) is 1. The maximum atomic E-state index is 12.4. The molecule has 0 heterocycles. The van der Waals surface area contributed by atoms with Crippen LogP contribution in [-0.4, -0.2) is 6.00 Å². The third-order valence-corrected chi connectivity index (χ3v) is 1.53. The van der Waals surface area contributed by atoms with Crippen molar-refractivity contribution in [2.75, 3.05) is 6.00 Å². The van der Waals surface area contributed by atoms with Gasteiger partial charge < -0.3 is 0 Å². The molecule has 1 rings (SSSR count). The average molecular weight is 174 g/mol. The van der Waals surface area contributed by atoms with E-state index in [-0.39, 0.29) is 5.82 Å². The summed E-state index contributed by atoms with van der Waals surface area (Å²) >= 11 is 5.40. The third kappa shape index (κ3) is 2.87. The van der Waals surface area contributed by atoms with E-state index < -0.39 is 0 Å². The largest absolute Gasteiger partial charge is 0.300 e. The Morgan fingerprint density at radius 3 is 2.45 bits per heavy atom. The molecule has 11 heavy (non-hydrogen) atoms. The van der Waals surface area contributed by atoms with Gasteiger partial charge >= 0.3 is 0 Å². The zero-order valence-electron chi connectivity index (χ0n) is 5.98. The lowest BCUT2D eigenvalue weighted by Gasteiger charge is -1.99. The zero-order chi connectivity index (χ0) is 8.10. The van der Waals surface area contributed by atoms with Crippen molar-refractivity contribution < 1.29 is 4.39 Å². The number of nitrogens with one attached hydrogen (secondary N) is 1. The van der Waals surface area contributed by atoms with E-state index in [4.69, 9.17) is 11.6 Å². The molecule has 0 unspecified atom stereocenters. The average Bonchev–Trinajstić information content (AvgIpc) is 2.04. The van der Waals surface area contributed by atoms with Crippen molar-refractivity contribution in [1.29, 1.82) is 0 Å². The molecule has 0 amide bonds. The minimum atomic E-state index is -0.209. The monoisotopic (exact) mass is 173 g/mol. The standard InChI is InChI=1S/C8H9ClFN/c9-6-11-5-7-1-3-8(10)4-2-7/h1-4,11H,5-6H2. The number of hydrogen-bond acceptors (Lipinski definition) is 1. The van der Waals surface area contributed by atoms with Crippen molar-refractivity contribution in [1.82, 2.24) is 5.32 Å². The molecule has 0 radical (unpaired) electrons. The first-order valence-electron chi connectivity index (χ1n) is 3.34. The minimum absolute atomic E-state index is 0.209. The first-order valence-corrected chi connectivity index (χ1v) is 3.87. The number of benzene rings is 1. The molecule has 0 bridgehead atoms. The Balaban J connectivity index is 2.52. The number of rotatable bonds is 3. The first kappa shape index (κ1) is 8.50. The molecular formula is C8H9ClFN. The Morgan fingerprint density at radius 1 is 1.27 bits per heavy atom. The van der Waals surface area contributed by atoms with Gasteiger partial charge in [0.2, 0.25) is 0 Å². The fourth-order valence-electron chi connectivity index (χ4n) is 0.794. The van der Waals surface area contributed by atoms with Gasteiger partial charge in [0, 0.05) is 6.54 Å². The summed E-state index contributed by atoms with van der Waals surface area (Å²) in [7, 11) is 0. The Morgan fingerprint density at radius 2 is 1.91 bits per heavy atom. The third-order valence-electron chi connectivity index (χ3n) is 1.34. The van der Waals surface area contributed by atoms with Crippen molar-refractivity contribution >= 4 is 11.6 Å². The maximum Gasteiger partial charge on any atom is 0.123 e. The fourth-order valence-corrected chi connectivity index (χ4v) is 0.888. The van der Waals surface area contributed by atoms with E-state index in [0.29, 0.717) is 12.5 Å². The van der Waals surface area contributed by atoms with E-state index in [2.05, 4.69) is 5.32 Å². The van der Waals surface area contributed by atoms with Gasteiger partial charge in [-0.15, -0.1) is 11.6 Å². The molecule has 0 saturated carbocycles. The normalized spacial score (nSPS) is 10.0. The van der Waals surface area contributed by atoms with Crippen molar-refractivity contribution in [3.05, 3.63) is 35.6 Å². The van der Waals surface area contributed by atoms with Gasteiger partial charge in [-0.3, -0.25) is 5.32 Å². The summed E-state index contributed by atoms with van der Waals surface area (Å²) in [5, 5.41) is 2.93. The summed E-state index contributed by atoms with van der Waals surface area (Å²) in [4.78, 5) is 0. The lowest BCUT2D eigenvalue weighted by Crippen LogP contribution is -2.09. The smallest absolute Gasteiger partial charge is 0.123 e. The van der Waals surface area contributed by atoms with Crippen molar-refractivity contribution in [3.8, 4) is 0 Å². The van der Waals surface area contributed by atoms with Gasteiger partial charge in [0.05, 0.1) is 6.00 Å². The number of alkyl halides is 1. The quantitative estimate of drug-likeness (QED) is 0.546. The van der Waals surface area contributed by atoms with Gasteiger partial charge in [-0.05, 0) is 17.7 Å². The van der Waals surface area contributed by atoms with Gasteiger partial charge in [0.25, 0.3) is 0 Å². The highest BCUT2D eigenvalue weighted by Gasteiger charge is 1.91. The zero-order valence-corrected chi connectivity index (χ0v) is 6.74. The molecule has 0 fully saturated rings. The lowest BCUT2D eigenvalue weighted by atomic mass is 10.2. The minimum Gasteiger partial charge on any atom is -0.300 e. The lowest BCUT2D eigenvalue weighted by molar-refractivity contribution is 0.626. The molecule has 1 aromatic carbocycles. The molecular weight excluding hydrogens is 165 g/mol. The second kappa shape index (κ2) is 4.31. The second-order valence-corrected chi connectivity index (χ2v) is 2.45. The van der Waals surface area contributed by atoms with Gasteiger partial charge in [-0.2, -0.15) is 0 Å². The molecule has 0 spiro atoms. The maximum absolute atomic E-state index is 12.4. The highest BCUT2D eigenvalue weighted by Crippen LogP contribution is 2.01. The predicted octanol–water partition coefficient (Wildman–Crippen LogP) is 2.11. The van der Waals surface area contributed by atoms with Crippen LogP contribution in [0.1, 0.15) is 5.56 Å². The summed E-state index contributed by atoms with van der Waals surface area (Å²) in [5.74, 6) is -0.209. The van der Waals surface area contributed by atoms with Crippen molar-refractivity contribution in [2.45, 2.75) is 6.54 Å². The molecule has 1 aromatic rings. The van der Waals surface area contributed by atoms with E-state index >= 15 is 0 Å². The Hall–Kier alpha value is -0.600. The summed E-state index contributed by atoms with van der Waals surface area (Å²) in [5.41, 5.74) is 1.03. The summed E-state index contributed by atoms with van der Waals surface area (Å²) in [6.45, 7) is 0.684. The Kier molecular flexibility index (Phi) is 3.33. The van der Waals surface area contributed by atoms with Crippen LogP contribution in [-0.2, 0) is 6.54 Å². The highest BCUT2D eigenvalue weighted by molar-refractivity contribution is 6.17. The van der Waals surface area contributed by atoms with Crippen LogP contribution in [0.15, 0.2) is 24.3 Å². The van der Waals surface area contributed by atoms with Gasteiger partial charge in [-0.1, -0.05) is 12.1 Å². The van der Waals surface area contributed by atoms with E-state index in [9.17, 15) is 4.39 Å². The molecule has 60 valence electrons. The topological polar surface area (TPSA) is 12.0 Å². The van der Waals surface area contributed by atoms with Crippen LogP contribution in [0.4, 0.5) is 4.39 Å². The van der Waals surface area contributed by atoms with Gasteiger partial charge in [-0.25, -0.2) is 4.39 Å². The highest BCUT2D eigenvalue weighted by atomic mass is 35.5. The van der Waals surface area contributed by atoms with Crippen LogP contribution in [0.2, 0.25) is 0 Å². The van der Waals surface area contributed by atoms with E-state index in [0.717, 1.165) is 5.56 Å². The molecule has 1 nitrogen and oxygen atoms in total. The van der Waals surface area contributed by atoms with Gasteiger partial charge in [0.15, 0.2) is 0 Å². The molecule has 0 saturated heterocycles. The molecule has 0 aromatic heterocycles. The Labute approximate surface area is 70.2 Å². The molecule has 1 N–H and O–H groups in total. The predicted molar refractivity (Wildman–Crippen MR) is 44.0 cm³/mol. The second-order valence-electron chi connectivity index (χ2n) is 2.19. The molecule has 0 aliphatic rings. The van der Waals surface area contributed by atoms with Crippen molar-refractivity contribution in [2.24, 2.45) is 0 Å². The summed E-state index contributed by atoms with van der Waals surface area (Å²) in [6.07, 6.45) is 0. The van der Waals surface area contributed by atoms with Crippen LogP contribution in [0.5, 0.6) is 0 Å². The Bertz CT molecular complexity index is 210. The summed E-state index contributed by atoms with van der Waals surface area (Å²) in [6, 6.07) is 6.75. The molecule has 0 aliphatic carbocycles. The van der Waals surface area contributed by atoms with E-state index in [1.807, 2.05) is 0 Å². The molecule has 3 heteroatoms. The SMILES string of the molecule is Fc1ccc(CNCCl)cc1. The molecule has 0 atom stereocenters. The van der Waals surface area contributed by atoms with Crippen molar-refractivity contribution in [3.63, 3.8) is 0 Å². The molecule has 0 aliphatic heterocycles. The first-order chi connectivity index (χ1) is 5.33. The van der Waals surface area contributed by atoms with Crippen LogP contribution in [0.3, 0.4) is 0 Å². The van der Waals surface area contributed by atoms with E-state index in [1.54, 1.807) is 12.1 Å². The fraction of sp³-hybridized carbons (Fsp3) is 0.250.